The molecule has 6 heteroatoms. The fraction of sp³-hybridized carbons (Fsp3) is 0.400. The summed E-state index contributed by atoms with van der Waals surface area (Å²) in [5.41, 5.74) is 3.06. The lowest BCUT2D eigenvalue weighted by Crippen LogP contribution is -2.48. The Kier molecular flexibility index (Phi) is 6.35. The maximum atomic E-state index is 13.4. The summed E-state index contributed by atoms with van der Waals surface area (Å²) in [5, 5.41) is 0. The van der Waals surface area contributed by atoms with E-state index in [-0.39, 0.29) is 11.8 Å². The van der Waals surface area contributed by atoms with Crippen molar-refractivity contribution in [3.05, 3.63) is 65.5 Å². The van der Waals surface area contributed by atoms with Crippen molar-refractivity contribution in [2.45, 2.75) is 33.1 Å². The zero-order valence-electron chi connectivity index (χ0n) is 18.4. The molecule has 3 heterocycles. The highest BCUT2D eigenvalue weighted by molar-refractivity contribution is 6.35. The van der Waals surface area contributed by atoms with Gasteiger partial charge in [-0.15, -0.1) is 0 Å². The number of aromatic nitrogens is 1. The van der Waals surface area contributed by atoms with Gasteiger partial charge in [-0.25, -0.2) is 4.98 Å². The van der Waals surface area contributed by atoms with Gasteiger partial charge in [-0.05, 0) is 31.0 Å². The number of nitrogens with zero attached hydrogens (tertiary/aromatic N) is 4. The molecule has 2 aliphatic rings. The molecule has 0 radical (unpaired) electrons. The molecule has 0 atom stereocenters. The van der Waals surface area contributed by atoms with Crippen molar-refractivity contribution >= 4 is 23.2 Å². The van der Waals surface area contributed by atoms with Crippen molar-refractivity contribution in [2.75, 3.05) is 37.6 Å². The average Bonchev–Trinajstić information content (AvgIpc) is 3.05. The molecule has 162 valence electrons. The molecule has 2 aliphatic heterocycles. The van der Waals surface area contributed by atoms with Crippen LogP contribution in [0.4, 0.5) is 5.82 Å². The second-order valence-electron chi connectivity index (χ2n) is 8.22. The first-order valence-electron chi connectivity index (χ1n) is 11.2. The van der Waals surface area contributed by atoms with Crippen LogP contribution in [0.5, 0.6) is 0 Å². The summed E-state index contributed by atoms with van der Waals surface area (Å²) in [4.78, 5) is 36.9. The normalized spacial score (nSPS) is 17.2. The molecule has 4 rings (SSSR count). The molecule has 2 amide bonds. The van der Waals surface area contributed by atoms with Crippen molar-refractivity contribution in [3.8, 4) is 0 Å². The summed E-state index contributed by atoms with van der Waals surface area (Å²) < 4.78 is 0. The molecular formula is C25H30N4O2. The second kappa shape index (κ2) is 9.33. The smallest absolute Gasteiger partial charge is 0.277 e. The van der Waals surface area contributed by atoms with Gasteiger partial charge < -0.3 is 9.80 Å². The van der Waals surface area contributed by atoms with E-state index in [1.54, 1.807) is 6.20 Å². The Morgan fingerprint density at radius 3 is 2.23 bits per heavy atom. The number of imide groups is 1. The van der Waals surface area contributed by atoms with Gasteiger partial charge in [0.25, 0.3) is 11.8 Å². The highest BCUT2D eigenvalue weighted by Gasteiger charge is 2.41. The Labute approximate surface area is 184 Å². The van der Waals surface area contributed by atoms with Crippen molar-refractivity contribution in [2.24, 2.45) is 0 Å². The van der Waals surface area contributed by atoms with Gasteiger partial charge in [0.15, 0.2) is 0 Å². The fourth-order valence-corrected chi connectivity index (χ4v) is 4.26. The standard InChI is InChI=1S/C25H30N4O2/c1-3-4-7-14-29-24(30)22(20-11-9-19(2)10-12-20)23(25(29)31)28-17-15-27(16-18-28)21-8-5-6-13-26-21/h5-6,8-13H,3-4,7,14-18H2,1-2H3. The third-order valence-corrected chi connectivity index (χ3v) is 6.04. The number of hydrogen-bond donors (Lipinski definition) is 0. The molecular weight excluding hydrogens is 388 g/mol. The second-order valence-corrected chi connectivity index (χ2v) is 8.22. The zero-order chi connectivity index (χ0) is 21.8. The van der Waals surface area contributed by atoms with Crippen molar-refractivity contribution < 1.29 is 9.59 Å². The fourth-order valence-electron chi connectivity index (χ4n) is 4.26. The number of unbranched alkanes of at least 4 members (excludes halogenated alkanes) is 2. The first-order chi connectivity index (χ1) is 15.1. The van der Waals surface area contributed by atoms with Crippen molar-refractivity contribution in [3.63, 3.8) is 0 Å². The molecule has 31 heavy (non-hydrogen) atoms. The molecule has 1 fully saturated rings. The molecule has 0 aliphatic carbocycles. The SMILES string of the molecule is CCCCCN1C(=O)C(c2ccc(C)cc2)=C(N2CCN(c3ccccn3)CC2)C1=O. The number of carbonyl (C=O) groups excluding carboxylic acids is 2. The number of benzene rings is 1. The number of anilines is 1. The van der Waals surface area contributed by atoms with Gasteiger partial charge in [0.2, 0.25) is 0 Å². The number of piperazine rings is 1. The predicted octanol–water partition coefficient (Wildman–Crippen LogP) is 3.48. The highest BCUT2D eigenvalue weighted by atomic mass is 16.2. The lowest BCUT2D eigenvalue weighted by molar-refractivity contribution is -0.137. The van der Waals surface area contributed by atoms with E-state index in [4.69, 9.17) is 0 Å². The van der Waals surface area contributed by atoms with Gasteiger partial charge in [-0.2, -0.15) is 0 Å². The van der Waals surface area contributed by atoms with Crippen LogP contribution in [0.1, 0.15) is 37.3 Å². The average molecular weight is 419 g/mol. The maximum Gasteiger partial charge on any atom is 0.277 e. The van der Waals surface area contributed by atoms with Crippen LogP contribution in [-0.2, 0) is 9.59 Å². The van der Waals surface area contributed by atoms with Gasteiger partial charge in [-0.1, -0.05) is 55.7 Å². The summed E-state index contributed by atoms with van der Waals surface area (Å²) in [7, 11) is 0. The Balaban J connectivity index is 1.60. The monoisotopic (exact) mass is 418 g/mol. The molecule has 1 aromatic carbocycles. The number of amides is 2. The molecule has 2 aromatic rings. The van der Waals surface area contributed by atoms with Gasteiger partial charge >= 0.3 is 0 Å². The summed E-state index contributed by atoms with van der Waals surface area (Å²) in [6.45, 7) is 7.52. The Bertz CT molecular complexity index is 961. The molecule has 0 bridgehead atoms. The van der Waals surface area contributed by atoms with Gasteiger partial charge in [-0.3, -0.25) is 14.5 Å². The number of aryl methyl sites for hydroxylation is 1. The molecule has 0 saturated carbocycles. The van der Waals surface area contributed by atoms with E-state index in [1.165, 1.54) is 4.90 Å². The van der Waals surface area contributed by atoms with E-state index in [9.17, 15) is 9.59 Å². The van der Waals surface area contributed by atoms with Crippen LogP contribution in [0.2, 0.25) is 0 Å². The molecule has 0 N–H and O–H groups in total. The lowest BCUT2D eigenvalue weighted by atomic mass is 10.0. The molecule has 6 nitrogen and oxygen atoms in total. The number of rotatable bonds is 7. The van der Waals surface area contributed by atoms with Crippen molar-refractivity contribution in [1.29, 1.82) is 0 Å². The Morgan fingerprint density at radius 2 is 1.58 bits per heavy atom. The van der Waals surface area contributed by atoms with Gasteiger partial charge in [0.05, 0.1) is 5.57 Å². The maximum absolute atomic E-state index is 13.4. The lowest BCUT2D eigenvalue weighted by Gasteiger charge is -2.37. The predicted molar refractivity (Wildman–Crippen MR) is 122 cm³/mol. The van der Waals surface area contributed by atoms with E-state index in [2.05, 4.69) is 21.7 Å². The van der Waals surface area contributed by atoms with Gasteiger partial charge in [0, 0.05) is 38.9 Å². The largest absolute Gasteiger partial charge is 0.363 e. The Morgan fingerprint density at radius 1 is 0.871 bits per heavy atom. The van der Waals surface area contributed by atoms with Crippen LogP contribution >= 0.6 is 0 Å². The van der Waals surface area contributed by atoms with Crippen LogP contribution < -0.4 is 4.90 Å². The van der Waals surface area contributed by atoms with Crippen LogP contribution in [0.3, 0.4) is 0 Å². The summed E-state index contributed by atoms with van der Waals surface area (Å²) >= 11 is 0. The number of carbonyl (C=O) groups is 2. The third kappa shape index (κ3) is 4.33. The molecule has 1 saturated heterocycles. The zero-order valence-corrected chi connectivity index (χ0v) is 18.4. The summed E-state index contributed by atoms with van der Waals surface area (Å²) in [6.07, 6.45) is 4.70. The molecule has 1 aromatic heterocycles. The van der Waals surface area contributed by atoms with Gasteiger partial charge in [0.1, 0.15) is 11.5 Å². The van der Waals surface area contributed by atoms with E-state index < -0.39 is 0 Å². The third-order valence-electron chi connectivity index (χ3n) is 6.04. The number of pyridine rings is 1. The topological polar surface area (TPSA) is 56.8 Å². The Hall–Kier alpha value is -3.15. The first kappa shape index (κ1) is 21.1. The van der Waals surface area contributed by atoms with E-state index in [1.807, 2.05) is 49.4 Å². The quantitative estimate of drug-likeness (QED) is 0.509. The first-order valence-corrected chi connectivity index (χ1v) is 11.2. The van der Waals surface area contributed by atoms with Crippen LogP contribution in [0.15, 0.2) is 54.4 Å². The minimum atomic E-state index is -0.160. The van der Waals surface area contributed by atoms with Crippen LogP contribution in [0.25, 0.3) is 5.57 Å². The van der Waals surface area contributed by atoms with Crippen molar-refractivity contribution in [1.82, 2.24) is 14.8 Å². The minimum absolute atomic E-state index is 0.150. The molecule has 0 spiro atoms. The van der Waals surface area contributed by atoms with Crippen LogP contribution in [0, 0.1) is 6.92 Å². The molecule has 0 unspecified atom stereocenters. The van der Waals surface area contributed by atoms with E-state index in [0.717, 1.165) is 49.3 Å². The highest BCUT2D eigenvalue weighted by Crippen LogP contribution is 2.33. The summed E-state index contributed by atoms with van der Waals surface area (Å²) in [5.74, 6) is 0.639. The minimum Gasteiger partial charge on any atom is -0.363 e. The number of hydrogen-bond acceptors (Lipinski definition) is 5. The van der Waals surface area contributed by atoms with E-state index >= 15 is 0 Å². The van der Waals surface area contributed by atoms with E-state index in [0.29, 0.717) is 30.9 Å². The van der Waals surface area contributed by atoms with Crippen LogP contribution in [-0.4, -0.2) is 59.3 Å². The summed E-state index contributed by atoms with van der Waals surface area (Å²) in [6, 6.07) is 13.8.